The highest BCUT2D eigenvalue weighted by atomic mass is 35.5. The number of nitrogens with zero attached hydrogens (tertiary/aromatic N) is 1. The van der Waals surface area contributed by atoms with E-state index in [-0.39, 0.29) is 11.5 Å². The van der Waals surface area contributed by atoms with E-state index in [0.717, 1.165) is 5.56 Å². The van der Waals surface area contributed by atoms with E-state index in [1.165, 1.54) is 16.4 Å². The predicted octanol–water partition coefficient (Wildman–Crippen LogP) is 2.69. The zero-order valence-corrected chi connectivity index (χ0v) is 16.9. The van der Waals surface area contributed by atoms with Crippen molar-refractivity contribution in [3.05, 3.63) is 53.1 Å². The highest BCUT2D eigenvalue weighted by Crippen LogP contribution is 2.25. The number of hydrogen-bond acceptors (Lipinski definition) is 5. The first kappa shape index (κ1) is 20.6. The van der Waals surface area contributed by atoms with Gasteiger partial charge in [0.1, 0.15) is 5.75 Å². The quantitative estimate of drug-likeness (QED) is 0.770. The molecule has 0 bridgehead atoms. The van der Waals surface area contributed by atoms with Crippen molar-refractivity contribution in [3.63, 3.8) is 0 Å². The number of ether oxygens (including phenoxy) is 2. The van der Waals surface area contributed by atoms with Crippen molar-refractivity contribution in [1.82, 2.24) is 4.31 Å². The number of aryl methyl sites for hydroxylation is 1. The Morgan fingerprint density at radius 2 is 1.96 bits per heavy atom. The van der Waals surface area contributed by atoms with Crippen molar-refractivity contribution in [2.75, 3.05) is 38.2 Å². The van der Waals surface area contributed by atoms with Gasteiger partial charge in [-0.2, -0.15) is 4.31 Å². The molecule has 1 heterocycles. The van der Waals surface area contributed by atoms with E-state index in [1.54, 1.807) is 24.3 Å². The average Bonchev–Trinajstić information content (AvgIpc) is 2.69. The molecule has 0 saturated carbocycles. The molecule has 9 heteroatoms. The van der Waals surface area contributed by atoms with Gasteiger partial charge in [0.05, 0.1) is 23.1 Å². The van der Waals surface area contributed by atoms with E-state index in [1.807, 2.05) is 13.0 Å². The molecule has 0 aromatic heterocycles. The van der Waals surface area contributed by atoms with Crippen LogP contribution in [0.5, 0.6) is 5.75 Å². The minimum Gasteiger partial charge on any atom is -0.482 e. The summed E-state index contributed by atoms with van der Waals surface area (Å²) in [4.78, 5) is 12.3. The highest BCUT2D eigenvalue weighted by molar-refractivity contribution is 7.89. The van der Waals surface area contributed by atoms with E-state index in [9.17, 15) is 13.2 Å². The number of sulfonamides is 1. The summed E-state index contributed by atoms with van der Waals surface area (Å²) in [5.74, 6) is -0.000967. The lowest BCUT2D eigenvalue weighted by Gasteiger charge is -2.26. The Labute approximate surface area is 169 Å². The normalized spacial score (nSPS) is 15.2. The van der Waals surface area contributed by atoms with Gasteiger partial charge < -0.3 is 14.8 Å². The summed E-state index contributed by atoms with van der Waals surface area (Å²) in [5.41, 5.74) is 1.33. The Balaban J connectivity index is 1.65. The van der Waals surface area contributed by atoms with Crippen molar-refractivity contribution in [3.8, 4) is 5.75 Å². The van der Waals surface area contributed by atoms with Crippen LogP contribution in [0.1, 0.15) is 5.56 Å². The minimum absolute atomic E-state index is 0.120. The number of hydrogen-bond donors (Lipinski definition) is 1. The van der Waals surface area contributed by atoms with Crippen LogP contribution in [0.3, 0.4) is 0 Å². The molecule has 0 spiro atoms. The fourth-order valence-corrected chi connectivity index (χ4v) is 4.36. The minimum atomic E-state index is -3.63. The summed E-state index contributed by atoms with van der Waals surface area (Å²) < 4.78 is 37.5. The van der Waals surface area contributed by atoms with Gasteiger partial charge in [0, 0.05) is 18.8 Å². The first-order valence-corrected chi connectivity index (χ1v) is 10.5. The van der Waals surface area contributed by atoms with Gasteiger partial charge in [-0.1, -0.05) is 23.7 Å². The van der Waals surface area contributed by atoms with E-state index < -0.39 is 15.9 Å². The van der Waals surface area contributed by atoms with Crippen LogP contribution in [-0.4, -0.2) is 51.5 Å². The molecular weight excluding hydrogens is 404 g/mol. The Bertz CT molecular complexity index is 959. The first-order valence-electron chi connectivity index (χ1n) is 8.73. The molecule has 1 N–H and O–H groups in total. The first-order chi connectivity index (χ1) is 13.4. The number of carbonyl (C=O) groups is 1. The van der Waals surface area contributed by atoms with Crippen LogP contribution in [0.4, 0.5) is 5.69 Å². The van der Waals surface area contributed by atoms with Gasteiger partial charge in [-0.3, -0.25) is 4.79 Å². The largest absolute Gasteiger partial charge is 0.482 e. The lowest BCUT2D eigenvalue weighted by atomic mass is 10.2. The SMILES string of the molecule is Cc1ccc(Cl)c(OCC(=O)Nc2cccc(S(=O)(=O)N3CCOCC3)c2)c1. The molecule has 0 radical (unpaired) electrons. The Kier molecular flexibility index (Phi) is 6.56. The number of amides is 1. The van der Waals surface area contributed by atoms with E-state index in [0.29, 0.717) is 42.8 Å². The third-order valence-corrected chi connectivity index (χ3v) is 6.38. The van der Waals surface area contributed by atoms with Gasteiger partial charge in [0.25, 0.3) is 5.91 Å². The van der Waals surface area contributed by atoms with E-state index in [4.69, 9.17) is 21.1 Å². The highest BCUT2D eigenvalue weighted by Gasteiger charge is 2.26. The maximum Gasteiger partial charge on any atom is 0.262 e. The summed E-state index contributed by atoms with van der Waals surface area (Å²) in [6.45, 7) is 3.00. The number of anilines is 1. The molecule has 1 aliphatic heterocycles. The van der Waals surface area contributed by atoms with Crippen LogP contribution in [0.25, 0.3) is 0 Å². The van der Waals surface area contributed by atoms with Crippen LogP contribution < -0.4 is 10.1 Å². The molecule has 2 aromatic carbocycles. The molecule has 2 aromatic rings. The van der Waals surface area contributed by atoms with Crippen LogP contribution >= 0.6 is 11.6 Å². The number of carbonyl (C=O) groups excluding carboxylic acids is 1. The second kappa shape index (κ2) is 8.91. The van der Waals surface area contributed by atoms with Crippen LogP contribution in [0, 0.1) is 6.92 Å². The van der Waals surface area contributed by atoms with Crippen molar-refractivity contribution in [1.29, 1.82) is 0 Å². The standard InChI is InChI=1S/C19H21ClN2O5S/c1-14-5-6-17(20)18(11-14)27-13-19(23)21-15-3-2-4-16(12-15)28(24,25)22-7-9-26-10-8-22/h2-6,11-12H,7-10,13H2,1H3,(H,21,23). The maximum absolute atomic E-state index is 12.7. The van der Waals surface area contributed by atoms with Gasteiger partial charge >= 0.3 is 0 Å². The van der Waals surface area contributed by atoms with Crippen molar-refractivity contribution < 1.29 is 22.7 Å². The summed E-state index contributed by atoms with van der Waals surface area (Å²) in [5, 5.41) is 3.06. The van der Waals surface area contributed by atoms with Gasteiger partial charge in [0.2, 0.25) is 10.0 Å². The molecule has 1 aliphatic rings. The fraction of sp³-hybridized carbons (Fsp3) is 0.316. The third-order valence-electron chi connectivity index (χ3n) is 4.17. The van der Waals surface area contributed by atoms with Crippen molar-refractivity contribution in [2.24, 2.45) is 0 Å². The number of morpholine rings is 1. The molecule has 0 unspecified atom stereocenters. The van der Waals surface area contributed by atoms with Crippen LogP contribution in [0.15, 0.2) is 47.4 Å². The average molecular weight is 425 g/mol. The zero-order valence-electron chi connectivity index (χ0n) is 15.4. The van der Waals surface area contributed by atoms with Crippen molar-refractivity contribution in [2.45, 2.75) is 11.8 Å². The van der Waals surface area contributed by atoms with Gasteiger partial charge in [0.15, 0.2) is 6.61 Å². The smallest absolute Gasteiger partial charge is 0.262 e. The van der Waals surface area contributed by atoms with Gasteiger partial charge in [-0.05, 0) is 42.8 Å². The van der Waals surface area contributed by atoms with E-state index >= 15 is 0 Å². The molecule has 0 aliphatic carbocycles. The zero-order chi connectivity index (χ0) is 20.1. The topological polar surface area (TPSA) is 84.9 Å². The second-order valence-electron chi connectivity index (χ2n) is 6.32. The Morgan fingerprint density at radius 3 is 2.71 bits per heavy atom. The number of nitrogens with one attached hydrogen (secondary N) is 1. The molecule has 1 fully saturated rings. The molecule has 7 nitrogen and oxygen atoms in total. The number of benzene rings is 2. The Morgan fingerprint density at radius 1 is 1.21 bits per heavy atom. The molecular formula is C19H21ClN2O5S. The maximum atomic E-state index is 12.7. The Hall–Kier alpha value is -2.13. The molecule has 0 atom stereocenters. The molecule has 1 amide bonds. The summed E-state index contributed by atoms with van der Waals surface area (Å²) in [6.07, 6.45) is 0. The molecule has 1 saturated heterocycles. The number of rotatable bonds is 6. The third kappa shape index (κ3) is 5.02. The molecule has 150 valence electrons. The fourth-order valence-electron chi connectivity index (χ4n) is 2.73. The van der Waals surface area contributed by atoms with Crippen molar-refractivity contribution >= 4 is 33.2 Å². The summed E-state index contributed by atoms with van der Waals surface area (Å²) in [6, 6.07) is 11.4. The lowest BCUT2D eigenvalue weighted by Crippen LogP contribution is -2.40. The van der Waals surface area contributed by atoms with Crippen LogP contribution in [0.2, 0.25) is 5.02 Å². The predicted molar refractivity (Wildman–Crippen MR) is 106 cm³/mol. The molecule has 28 heavy (non-hydrogen) atoms. The summed E-state index contributed by atoms with van der Waals surface area (Å²) in [7, 11) is -3.63. The van der Waals surface area contributed by atoms with Gasteiger partial charge in [-0.25, -0.2) is 8.42 Å². The lowest BCUT2D eigenvalue weighted by molar-refractivity contribution is -0.118. The second-order valence-corrected chi connectivity index (χ2v) is 8.66. The van der Waals surface area contributed by atoms with Gasteiger partial charge in [-0.15, -0.1) is 0 Å². The molecule has 3 rings (SSSR count). The number of halogens is 1. The monoisotopic (exact) mass is 424 g/mol. The van der Waals surface area contributed by atoms with Crippen LogP contribution in [-0.2, 0) is 19.6 Å². The van der Waals surface area contributed by atoms with E-state index in [2.05, 4.69) is 5.32 Å². The summed E-state index contributed by atoms with van der Waals surface area (Å²) >= 11 is 6.05.